The van der Waals surface area contributed by atoms with Crippen LogP contribution in [0.1, 0.15) is 407 Å². The molecule has 0 bridgehead atoms. The van der Waals surface area contributed by atoms with Gasteiger partial charge in [-0.25, -0.2) is 9.13 Å². The third kappa shape index (κ3) is 70.3. The minimum Gasteiger partial charge on any atom is -0.462 e. The summed E-state index contributed by atoms with van der Waals surface area (Å²) in [6.45, 7) is 4.96. The summed E-state index contributed by atoms with van der Waals surface area (Å²) in [5, 5.41) is 10.6. The lowest BCUT2D eigenvalue weighted by atomic mass is 10.0. The molecule has 3 N–H and O–H groups in total. The average molecular weight is 1400 g/mol. The highest BCUT2D eigenvalue weighted by Gasteiger charge is 2.30. The predicted molar refractivity (Wildman–Crippen MR) is 386 cm³/mol. The average Bonchev–Trinajstić information content (AvgIpc) is 1.90. The fourth-order valence-electron chi connectivity index (χ4n) is 11.8. The molecule has 0 rings (SSSR count). The Morgan fingerprint density at radius 2 is 0.421 bits per heavy atom. The van der Waals surface area contributed by atoms with Crippen LogP contribution in [0.5, 0.6) is 0 Å². The summed E-state index contributed by atoms with van der Waals surface area (Å²) in [5.41, 5.74) is 0. The van der Waals surface area contributed by atoms with E-state index in [4.69, 9.17) is 37.0 Å². The summed E-state index contributed by atoms with van der Waals surface area (Å²) in [6, 6.07) is 0. The molecule has 0 aliphatic carbocycles. The van der Waals surface area contributed by atoms with E-state index < -0.39 is 97.5 Å². The van der Waals surface area contributed by atoms with Crippen LogP contribution in [0.15, 0.2) is 0 Å². The molecule has 0 heterocycles. The summed E-state index contributed by atoms with van der Waals surface area (Å²) < 4.78 is 68.4. The summed E-state index contributed by atoms with van der Waals surface area (Å²) >= 11 is 0. The lowest BCUT2D eigenvalue weighted by Gasteiger charge is -2.21. The molecule has 0 aliphatic rings. The number of phosphoric ester groups is 2. The molecule has 0 saturated carbocycles. The van der Waals surface area contributed by atoms with Crippen LogP contribution < -0.4 is 0 Å². The molecule has 5 atom stereocenters. The van der Waals surface area contributed by atoms with E-state index in [9.17, 15) is 43.2 Å². The van der Waals surface area contributed by atoms with E-state index in [1.807, 2.05) is 0 Å². The van der Waals surface area contributed by atoms with E-state index in [-0.39, 0.29) is 25.7 Å². The number of hydrogen-bond acceptors (Lipinski definition) is 15. The molecule has 0 aromatic heterocycles. The molecule has 0 saturated heterocycles. The van der Waals surface area contributed by atoms with Gasteiger partial charge in [0, 0.05) is 25.7 Å². The number of unbranched alkanes of at least 4 members (excludes halogenated alkanes) is 51. The van der Waals surface area contributed by atoms with Crippen molar-refractivity contribution in [2.45, 2.75) is 425 Å². The fourth-order valence-corrected chi connectivity index (χ4v) is 13.3. The molecule has 0 fully saturated rings. The first kappa shape index (κ1) is 93.1. The number of ether oxygens (including phenoxy) is 4. The van der Waals surface area contributed by atoms with Crippen LogP contribution in [-0.4, -0.2) is 96.7 Å². The van der Waals surface area contributed by atoms with Crippen molar-refractivity contribution in [3.63, 3.8) is 0 Å². The van der Waals surface area contributed by atoms with Crippen LogP contribution in [0, 0.1) is 0 Å². The maximum absolute atomic E-state index is 13.1. The van der Waals surface area contributed by atoms with Crippen molar-refractivity contribution >= 4 is 39.5 Å². The van der Waals surface area contributed by atoms with E-state index in [0.29, 0.717) is 25.7 Å². The zero-order chi connectivity index (χ0) is 69.7. The van der Waals surface area contributed by atoms with E-state index in [2.05, 4.69) is 27.7 Å². The topological polar surface area (TPSA) is 237 Å². The van der Waals surface area contributed by atoms with Crippen LogP contribution in [-0.2, 0) is 65.4 Å². The normalized spacial score (nSPS) is 13.9. The van der Waals surface area contributed by atoms with Crippen LogP contribution >= 0.6 is 15.6 Å². The molecular weight excluding hydrogens is 1250 g/mol. The lowest BCUT2D eigenvalue weighted by molar-refractivity contribution is -0.161. The maximum Gasteiger partial charge on any atom is 0.472 e. The van der Waals surface area contributed by atoms with Gasteiger partial charge in [-0.15, -0.1) is 0 Å². The minimum atomic E-state index is -4.95. The van der Waals surface area contributed by atoms with Gasteiger partial charge in [-0.05, 0) is 25.7 Å². The Morgan fingerprint density at radius 1 is 0.253 bits per heavy atom. The first-order valence-electron chi connectivity index (χ1n) is 39.8. The second kappa shape index (κ2) is 70.5. The number of rotatable bonds is 77. The van der Waals surface area contributed by atoms with Gasteiger partial charge in [0.05, 0.1) is 26.4 Å². The van der Waals surface area contributed by atoms with Gasteiger partial charge in [-0.2, -0.15) is 0 Å². The van der Waals surface area contributed by atoms with Crippen molar-refractivity contribution in [2.75, 3.05) is 39.6 Å². The van der Waals surface area contributed by atoms with Crippen molar-refractivity contribution in [3.05, 3.63) is 0 Å². The van der Waals surface area contributed by atoms with Gasteiger partial charge in [-0.3, -0.25) is 37.3 Å². The molecule has 0 aromatic carbocycles. The van der Waals surface area contributed by atoms with Gasteiger partial charge in [0.15, 0.2) is 12.2 Å². The molecule has 0 radical (unpaired) electrons. The number of carbonyl (C=O) groups excluding carboxylic acids is 4. The summed E-state index contributed by atoms with van der Waals surface area (Å²) in [6.07, 6.45) is 61.2. The second-order valence-corrected chi connectivity index (χ2v) is 30.3. The van der Waals surface area contributed by atoms with E-state index in [1.54, 1.807) is 0 Å². The Morgan fingerprint density at radius 3 is 0.621 bits per heavy atom. The highest BCUT2D eigenvalue weighted by atomic mass is 31.2. The molecule has 0 aromatic rings. The summed E-state index contributed by atoms with van der Waals surface area (Å²) in [5.74, 6) is -2.11. The van der Waals surface area contributed by atoms with Gasteiger partial charge in [0.1, 0.15) is 19.3 Å². The zero-order valence-corrected chi connectivity index (χ0v) is 63.4. The van der Waals surface area contributed by atoms with E-state index in [0.717, 1.165) is 89.9 Å². The molecule has 17 nitrogen and oxygen atoms in total. The zero-order valence-electron chi connectivity index (χ0n) is 61.6. The molecule has 19 heteroatoms. The van der Waals surface area contributed by atoms with Crippen molar-refractivity contribution in [1.29, 1.82) is 0 Å². The molecular formula is C76H148O17P2. The first-order chi connectivity index (χ1) is 46.2. The predicted octanol–water partition coefficient (Wildman–Crippen LogP) is 22.6. The lowest BCUT2D eigenvalue weighted by Crippen LogP contribution is -2.30. The SMILES string of the molecule is CCCCCCCCCCCCCCCCCCCCCCCCC(=O)O[C@H](COC(=O)CCCCCCCCCCCCCCCC)COP(=O)(O)OC[C@@H](O)COP(=O)(O)OC[C@@H](COC(=O)CCCCCCCCCCC)OC(=O)CCCCCCCCCCCC. The number of aliphatic hydroxyl groups is 1. The largest absolute Gasteiger partial charge is 0.472 e. The Hall–Kier alpha value is -1.94. The van der Waals surface area contributed by atoms with Gasteiger partial charge >= 0.3 is 39.5 Å². The molecule has 95 heavy (non-hydrogen) atoms. The summed E-state index contributed by atoms with van der Waals surface area (Å²) in [4.78, 5) is 72.7. The van der Waals surface area contributed by atoms with Crippen LogP contribution in [0.25, 0.3) is 0 Å². The number of esters is 4. The number of aliphatic hydroxyl groups excluding tert-OH is 1. The van der Waals surface area contributed by atoms with Gasteiger partial charge in [-0.1, -0.05) is 355 Å². The van der Waals surface area contributed by atoms with E-state index in [1.165, 1.54) is 238 Å². The molecule has 564 valence electrons. The smallest absolute Gasteiger partial charge is 0.462 e. The fraction of sp³-hybridized carbons (Fsp3) is 0.947. The maximum atomic E-state index is 13.1. The van der Waals surface area contributed by atoms with E-state index >= 15 is 0 Å². The molecule has 0 aliphatic heterocycles. The number of carbonyl (C=O) groups is 4. The third-order valence-corrected chi connectivity index (χ3v) is 19.8. The monoisotopic (exact) mass is 1400 g/mol. The Labute approximate surface area is 581 Å². The Balaban J connectivity index is 5.15. The number of phosphoric acid groups is 2. The molecule has 2 unspecified atom stereocenters. The van der Waals surface area contributed by atoms with Gasteiger partial charge in [0.2, 0.25) is 0 Å². The molecule has 0 amide bonds. The second-order valence-electron chi connectivity index (χ2n) is 27.4. The van der Waals surface area contributed by atoms with Crippen molar-refractivity contribution in [3.8, 4) is 0 Å². The standard InChI is InChI=1S/C76H148O17P2/c1-5-9-13-17-21-25-28-30-32-33-34-35-36-37-38-39-41-43-47-51-55-59-63-76(81)93-72(67-87-74(79)61-57-53-49-46-42-40-31-29-26-22-18-14-10-6-2)69-91-95(84,85)89-65-70(77)64-88-94(82,83)90-68-71(66-86-73(78)60-56-52-48-44-24-20-16-12-8-4)92-75(80)62-58-54-50-45-27-23-19-15-11-7-3/h70-72,77H,5-69H2,1-4H3,(H,82,83)(H,84,85)/t70-,71+,72+/m0/s1. The van der Waals surface area contributed by atoms with Crippen LogP contribution in [0.4, 0.5) is 0 Å². The van der Waals surface area contributed by atoms with Crippen molar-refractivity contribution in [2.24, 2.45) is 0 Å². The van der Waals surface area contributed by atoms with Gasteiger partial charge in [0.25, 0.3) is 0 Å². The summed E-state index contributed by atoms with van der Waals surface area (Å²) in [7, 11) is -9.90. The third-order valence-electron chi connectivity index (χ3n) is 17.9. The number of hydrogen-bond donors (Lipinski definition) is 3. The molecule has 0 spiro atoms. The highest BCUT2D eigenvalue weighted by molar-refractivity contribution is 7.47. The van der Waals surface area contributed by atoms with Crippen molar-refractivity contribution in [1.82, 2.24) is 0 Å². The Bertz CT molecular complexity index is 1810. The van der Waals surface area contributed by atoms with Crippen LogP contribution in [0.2, 0.25) is 0 Å². The minimum absolute atomic E-state index is 0.107. The first-order valence-corrected chi connectivity index (χ1v) is 42.8. The van der Waals surface area contributed by atoms with Crippen molar-refractivity contribution < 1.29 is 80.2 Å². The van der Waals surface area contributed by atoms with Gasteiger partial charge < -0.3 is 33.8 Å². The quantitative estimate of drug-likeness (QED) is 0.0222. The Kier molecular flexibility index (Phi) is 69.1. The van der Waals surface area contributed by atoms with Crippen LogP contribution in [0.3, 0.4) is 0 Å². The highest BCUT2D eigenvalue weighted by Crippen LogP contribution is 2.45.